The lowest BCUT2D eigenvalue weighted by atomic mass is 10.1. The summed E-state index contributed by atoms with van der Waals surface area (Å²) >= 11 is 0. The van der Waals surface area contributed by atoms with Gasteiger partial charge in [-0.2, -0.15) is 13.2 Å². The van der Waals surface area contributed by atoms with Crippen LogP contribution in [0.5, 0.6) is 0 Å². The van der Waals surface area contributed by atoms with Crippen molar-refractivity contribution in [3.63, 3.8) is 0 Å². The molecule has 2 aromatic rings. The van der Waals surface area contributed by atoms with Gasteiger partial charge >= 0.3 is 6.18 Å². The zero-order chi connectivity index (χ0) is 35.6. The number of carbonyl (C=O) groups excluding carboxylic acids is 5. The normalized spacial score (nSPS) is 11.7. The van der Waals surface area contributed by atoms with E-state index in [4.69, 9.17) is 0 Å². The molecule has 48 heavy (non-hydrogen) atoms. The predicted molar refractivity (Wildman–Crippen MR) is 162 cm³/mol. The molecule has 0 radical (unpaired) electrons. The van der Waals surface area contributed by atoms with Crippen molar-refractivity contribution in [3.8, 4) is 11.8 Å². The number of sulfone groups is 1. The largest absolute Gasteiger partial charge is 0.411 e. The Balaban J connectivity index is 1.73. The molecular weight excluding hydrogens is 663 g/mol. The van der Waals surface area contributed by atoms with Crippen LogP contribution >= 0.6 is 0 Å². The van der Waals surface area contributed by atoms with E-state index in [9.17, 15) is 45.6 Å². The number of alkyl halides is 3. The molecule has 0 saturated carbocycles. The predicted octanol–water partition coefficient (Wildman–Crippen LogP) is -0.869. The number of carbonyl (C=O) groups is 5. The second-order valence-corrected chi connectivity index (χ2v) is 11.9. The third-order valence-electron chi connectivity index (χ3n) is 5.79. The van der Waals surface area contributed by atoms with Gasteiger partial charge in [-0.1, -0.05) is 42.2 Å². The standard InChI is InChI=1S/C29H34F3N7O8S/c1-48(45,46)28-36-13-21(14-37-28)10-6-3-7-11-23(40)33-15-24(41)34-17-26(43)39-22(12-20-8-4-2-5-9-20)27(44)35-16-25(42)38-19-47-18-29(30,31)32/h2,4-5,8-9,13-14,22H,3,7,11-12,15-19H2,1H3,(H,33,40)(H,34,41)(H,35,44)(H,38,42)(H,39,43)/t22-/m0/s1. The first-order chi connectivity index (χ1) is 22.6. The number of aromatic nitrogens is 2. The van der Waals surface area contributed by atoms with Crippen LogP contribution in [-0.2, 0) is 45.0 Å². The second-order valence-electron chi connectivity index (χ2n) is 9.97. The maximum atomic E-state index is 12.8. The Morgan fingerprint density at radius 3 is 2.12 bits per heavy atom. The number of unbranched alkanes of at least 4 members (excludes halogenated alkanes) is 1. The number of hydrogen-bond acceptors (Lipinski definition) is 10. The van der Waals surface area contributed by atoms with Gasteiger partial charge in [0.05, 0.1) is 25.2 Å². The number of benzene rings is 1. The molecule has 1 aromatic carbocycles. The Kier molecular flexibility index (Phi) is 15.9. The van der Waals surface area contributed by atoms with Gasteiger partial charge in [0, 0.05) is 37.9 Å². The van der Waals surface area contributed by atoms with Crippen molar-refractivity contribution in [1.82, 2.24) is 36.6 Å². The van der Waals surface area contributed by atoms with E-state index in [1.54, 1.807) is 30.3 Å². The smallest absolute Gasteiger partial charge is 0.352 e. The molecule has 15 nitrogen and oxygen atoms in total. The minimum absolute atomic E-state index is 0.0202. The van der Waals surface area contributed by atoms with Crippen LogP contribution in [0.1, 0.15) is 30.4 Å². The first-order valence-corrected chi connectivity index (χ1v) is 16.1. The maximum absolute atomic E-state index is 12.8. The molecule has 5 N–H and O–H groups in total. The maximum Gasteiger partial charge on any atom is 0.411 e. The summed E-state index contributed by atoms with van der Waals surface area (Å²) in [6.07, 6.45) is -0.268. The van der Waals surface area contributed by atoms with Crippen LogP contribution in [-0.4, -0.2) is 99.4 Å². The molecule has 0 aliphatic rings. The van der Waals surface area contributed by atoms with E-state index in [1.165, 1.54) is 12.4 Å². The summed E-state index contributed by atoms with van der Waals surface area (Å²) in [4.78, 5) is 68.8. The van der Waals surface area contributed by atoms with Crippen molar-refractivity contribution in [2.45, 2.75) is 43.1 Å². The van der Waals surface area contributed by atoms with Crippen molar-refractivity contribution in [2.24, 2.45) is 0 Å². The number of halogens is 3. The highest BCUT2D eigenvalue weighted by Crippen LogP contribution is 2.13. The zero-order valence-corrected chi connectivity index (χ0v) is 26.5. The summed E-state index contributed by atoms with van der Waals surface area (Å²) in [7, 11) is -3.52. The van der Waals surface area contributed by atoms with Crippen LogP contribution in [0.15, 0.2) is 47.9 Å². The van der Waals surface area contributed by atoms with Gasteiger partial charge in [0.25, 0.3) is 0 Å². The van der Waals surface area contributed by atoms with Gasteiger partial charge in [-0.05, 0) is 12.0 Å². The Hall–Kier alpha value is -5.09. The Bertz CT molecular complexity index is 1580. The van der Waals surface area contributed by atoms with Gasteiger partial charge < -0.3 is 31.3 Å². The summed E-state index contributed by atoms with van der Waals surface area (Å²) in [5.41, 5.74) is 1.07. The number of rotatable bonds is 17. The average Bonchev–Trinajstić information content (AvgIpc) is 3.03. The van der Waals surface area contributed by atoms with E-state index in [1.807, 2.05) is 0 Å². The van der Waals surface area contributed by atoms with Crippen LogP contribution in [0.3, 0.4) is 0 Å². The summed E-state index contributed by atoms with van der Waals surface area (Å²) in [5.74, 6) is 2.11. The molecule has 1 heterocycles. The van der Waals surface area contributed by atoms with Crippen molar-refractivity contribution >= 4 is 39.4 Å². The van der Waals surface area contributed by atoms with E-state index in [2.05, 4.69) is 53.1 Å². The summed E-state index contributed by atoms with van der Waals surface area (Å²) in [6, 6.07) is 7.39. The summed E-state index contributed by atoms with van der Waals surface area (Å²) < 4.78 is 63.4. The van der Waals surface area contributed by atoms with Crippen molar-refractivity contribution in [3.05, 3.63) is 53.9 Å². The van der Waals surface area contributed by atoms with Gasteiger partial charge in [0.15, 0.2) is 0 Å². The molecule has 0 saturated heterocycles. The lowest BCUT2D eigenvalue weighted by molar-refractivity contribution is -0.176. The Morgan fingerprint density at radius 1 is 0.875 bits per heavy atom. The van der Waals surface area contributed by atoms with Crippen molar-refractivity contribution < 1.29 is 50.3 Å². The van der Waals surface area contributed by atoms with E-state index in [-0.39, 0.29) is 18.0 Å². The highest BCUT2D eigenvalue weighted by Gasteiger charge is 2.27. The van der Waals surface area contributed by atoms with Gasteiger partial charge in [-0.25, -0.2) is 18.4 Å². The molecule has 0 bridgehead atoms. The van der Waals surface area contributed by atoms with Crippen LogP contribution in [0, 0.1) is 11.8 Å². The van der Waals surface area contributed by atoms with Gasteiger partial charge in [0.1, 0.15) is 19.4 Å². The van der Waals surface area contributed by atoms with Crippen molar-refractivity contribution in [1.29, 1.82) is 0 Å². The fraction of sp³-hybridized carbons (Fsp3) is 0.414. The number of nitrogens with zero attached hydrogens (tertiary/aromatic N) is 2. The molecule has 19 heteroatoms. The molecule has 1 aromatic heterocycles. The molecule has 2 rings (SSSR count). The number of ether oxygens (including phenoxy) is 1. The lowest BCUT2D eigenvalue weighted by Crippen LogP contribution is -2.52. The molecule has 0 unspecified atom stereocenters. The third kappa shape index (κ3) is 17.0. The number of hydrogen-bond donors (Lipinski definition) is 5. The molecule has 5 amide bonds. The molecule has 0 spiro atoms. The number of nitrogens with one attached hydrogen (secondary N) is 5. The van der Waals surface area contributed by atoms with Crippen LogP contribution < -0.4 is 26.6 Å². The van der Waals surface area contributed by atoms with Gasteiger partial charge in [-0.15, -0.1) is 0 Å². The minimum atomic E-state index is -4.56. The van der Waals surface area contributed by atoms with Gasteiger partial charge in [0.2, 0.25) is 44.5 Å². The van der Waals surface area contributed by atoms with Crippen LogP contribution in [0.25, 0.3) is 0 Å². The first-order valence-electron chi connectivity index (χ1n) is 14.2. The van der Waals surface area contributed by atoms with E-state index >= 15 is 0 Å². The SMILES string of the molecule is CS(=O)(=O)c1ncc(C#CCCCC(=O)NCC(=O)NCC(=O)N[C@@H](Cc2ccccc2)C(=O)NCC(=O)NCOCC(F)(F)F)cn1. The Morgan fingerprint density at radius 2 is 1.48 bits per heavy atom. The molecule has 1 atom stereocenters. The lowest BCUT2D eigenvalue weighted by Gasteiger charge is -2.19. The molecule has 260 valence electrons. The Labute approximate surface area is 274 Å². The number of amides is 5. The van der Waals surface area contributed by atoms with E-state index in [0.717, 1.165) is 6.26 Å². The minimum Gasteiger partial charge on any atom is -0.352 e. The fourth-order valence-corrected chi connectivity index (χ4v) is 4.03. The second kappa shape index (κ2) is 19.5. The average molecular weight is 698 g/mol. The zero-order valence-electron chi connectivity index (χ0n) is 25.7. The molecule has 0 aliphatic carbocycles. The van der Waals surface area contributed by atoms with Crippen LogP contribution in [0.2, 0.25) is 0 Å². The third-order valence-corrected chi connectivity index (χ3v) is 6.66. The van der Waals surface area contributed by atoms with Gasteiger partial charge in [-0.3, -0.25) is 24.0 Å². The topological polar surface area (TPSA) is 215 Å². The van der Waals surface area contributed by atoms with E-state index in [0.29, 0.717) is 24.0 Å². The summed E-state index contributed by atoms with van der Waals surface area (Å²) in [5, 5.41) is 11.2. The highest BCUT2D eigenvalue weighted by atomic mass is 32.2. The first kappa shape index (κ1) is 39.1. The molecule has 0 fully saturated rings. The monoisotopic (exact) mass is 697 g/mol. The highest BCUT2D eigenvalue weighted by molar-refractivity contribution is 7.90. The molecule has 0 aliphatic heterocycles. The van der Waals surface area contributed by atoms with Crippen molar-refractivity contribution in [2.75, 3.05) is 39.2 Å². The fourth-order valence-electron chi connectivity index (χ4n) is 3.54. The van der Waals surface area contributed by atoms with Crippen LogP contribution in [0.4, 0.5) is 13.2 Å². The summed E-state index contributed by atoms with van der Waals surface area (Å²) in [6.45, 7) is -3.84. The van der Waals surface area contributed by atoms with E-state index < -0.39 is 84.6 Å². The molecular formula is C29H34F3N7O8S. The quantitative estimate of drug-likeness (QED) is 0.0596.